The van der Waals surface area contributed by atoms with Crippen LogP contribution in [-0.4, -0.2) is 39.3 Å². The Morgan fingerprint density at radius 3 is 2.73 bits per heavy atom. The van der Waals surface area contributed by atoms with Crippen LogP contribution in [0.15, 0.2) is 6.20 Å². The average Bonchev–Trinajstić information content (AvgIpc) is 2.91. The molecule has 8 heteroatoms. The number of H-pyrrole nitrogens is 1. The van der Waals surface area contributed by atoms with Gasteiger partial charge < -0.3 is 9.72 Å². The molecule has 0 radical (unpaired) electrons. The van der Waals surface area contributed by atoms with E-state index in [9.17, 15) is 18.0 Å². The highest BCUT2D eigenvalue weighted by atomic mass is 19.4. The van der Waals surface area contributed by atoms with Crippen LogP contribution in [0.4, 0.5) is 18.0 Å². The number of rotatable bonds is 2. The van der Waals surface area contributed by atoms with Gasteiger partial charge in [-0.1, -0.05) is 0 Å². The Balaban J connectivity index is 2.09. The molecule has 1 atom stereocenters. The summed E-state index contributed by atoms with van der Waals surface area (Å²) in [5.74, 6) is 0.377. The molecule has 2 heterocycles. The Morgan fingerprint density at radius 1 is 1.45 bits per heavy atom. The lowest BCUT2D eigenvalue weighted by Crippen LogP contribution is -2.36. The summed E-state index contributed by atoms with van der Waals surface area (Å²) in [5.41, 5.74) is -0.618. The van der Waals surface area contributed by atoms with Gasteiger partial charge in [0.15, 0.2) is 0 Å². The van der Waals surface area contributed by atoms with Crippen molar-refractivity contribution in [3.63, 3.8) is 0 Å². The molecule has 1 saturated heterocycles. The normalized spacial score (nSPS) is 19.5. The zero-order valence-electron chi connectivity index (χ0n) is 12.8. The van der Waals surface area contributed by atoms with Crippen LogP contribution in [0.25, 0.3) is 0 Å². The van der Waals surface area contributed by atoms with Gasteiger partial charge in [0.25, 0.3) is 0 Å². The van der Waals surface area contributed by atoms with E-state index in [4.69, 9.17) is 4.74 Å². The monoisotopic (exact) mass is 319 g/mol. The first-order chi connectivity index (χ1) is 10.1. The topological polar surface area (TPSA) is 58.2 Å². The van der Waals surface area contributed by atoms with Crippen molar-refractivity contribution in [2.24, 2.45) is 0 Å². The Bertz CT molecular complexity index is 534. The summed E-state index contributed by atoms with van der Waals surface area (Å²) in [7, 11) is 0. The predicted molar refractivity (Wildman–Crippen MR) is 73.3 cm³/mol. The minimum atomic E-state index is -4.29. The maximum Gasteiger partial charge on any atom is 0.410 e. The summed E-state index contributed by atoms with van der Waals surface area (Å²) in [5, 5.41) is 0. The summed E-state index contributed by atoms with van der Waals surface area (Å²) in [6, 6.07) is -0.364. The first-order valence-corrected chi connectivity index (χ1v) is 7.15. The second-order valence-corrected chi connectivity index (χ2v) is 6.42. The fraction of sp³-hybridized carbons (Fsp3) is 0.714. The highest BCUT2D eigenvalue weighted by molar-refractivity contribution is 5.69. The van der Waals surface area contributed by atoms with E-state index < -0.39 is 24.3 Å². The van der Waals surface area contributed by atoms with Crippen LogP contribution in [0.3, 0.4) is 0 Å². The summed E-state index contributed by atoms with van der Waals surface area (Å²) in [6.45, 7) is 5.81. The summed E-state index contributed by atoms with van der Waals surface area (Å²) in [6.07, 6.45) is -3.22. The van der Waals surface area contributed by atoms with Gasteiger partial charge in [0.2, 0.25) is 0 Å². The van der Waals surface area contributed by atoms with Gasteiger partial charge in [-0.25, -0.2) is 9.78 Å². The molecule has 0 spiro atoms. The molecule has 1 aromatic rings. The number of ether oxygens (including phenoxy) is 1. The van der Waals surface area contributed by atoms with E-state index >= 15 is 0 Å². The number of hydrogen-bond acceptors (Lipinski definition) is 3. The number of hydrogen-bond donors (Lipinski definition) is 1. The predicted octanol–water partition coefficient (Wildman–Crippen LogP) is 3.59. The van der Waals surface area contributed by atoms with Crippen LogP contribution in [0, 0.1) is 0 Å². The van der Waals surface area contributed by atoms with Gasteiger partial charge in [0.05, 0.1) is 12.5 Å². The molecule has 0 saturated carbocycles. The molecule has 2 rings (SSSR count). The van der Waals surface area contributed by atoms with Crippen molar-refractivity contribution >= 4 is 6.09 Å². The van der Waals surface area contributed by atoms with E-state index in [0.29, 0.717) is 18.8 Å². The zero-order chi connectivity index (χ0) is 16.5. The smallest absolute Gasteiger partial charge is 0.410 e. The number of aromatic nitrogens is 2. The van der Waals surface area contributed by atoms with Crippen molar-refractivity contribution in [2.75, 3.05) is 6.54 Å². The third kappa shape index (κ3) is 4.38. The molecule has 1 amide bonds. The SMILES string of the molecule is CC(C)(C)OC(=O)N1CCC[C@H]1c1ncc(CC(F)(F)F)[nH]1. The van der Waals surface area contributed by atoms with Crippen molar-refractivity contribution in [1.82, 2.24) is 14.9 Å². The van der Waals surface area contributed by atoms with Crippen LogP contribution in [0.1, 0.15) is 51.2 Å². The Kier molecular flexibility index (Phi) is 4.39. The molecule has 1 aliphatic heterocycles. The minimum absolute atomic E-state index is 0.00135. The molecular weight excluding hydrogens is 299 g/mol. The van der Waals surface area contributed by atoms with Crippen molar-refractivity contribution < 1.29 is 22.7 Å². The van der Waals surface area contributed by atoms with Crippen molar-refractivity contribution in [2.45, 2.75) is 57.9 Å². The second kappa shape index (κ2) is 5.81. The van der Waals surface area contributed by atoms with E-state index in [1.165, 1.54) is 11.1 Å². The molecule has 1 aliphatic rings. The number of carbonyl (C=O) groups is 1. The third-order valence-corrected chi connectivity index (χ3v) is 3.24. The van der Waals surface area contributed by atoms with Crippen molar-refractivity contribution in [1.29, 1.82) is 0 Å². The number of amides is 1. The van der Waals surface area contributed by atoms with E-state index in [-0.39, 0.29) is 11.7 Å². The standard InChI is InChI=1S/C14H20F3N3O2/c1-13(2,3)22-12(21)20-6-4-5-10(20)11-18-8-9(19-11)7-14(15,16)17/h8,10H,4-7H2,1-3H3,(H,18,19)/t10-/m0/s1. The lowest BCUT2D eigenvalue weighted by Gasteiger charge is -2.27. The minimum Gasteiger partial charge on any atom is -0.444 e. The summed E-state index contributed by atoms with van der Waals surface area (Å²) < 4.78 is 42.5. The molecule has 0 aromatic carbocycles. The molecule has 0 aliphatic carbocycles. The second-order valence-electron chi connectivity index (χ2n) is 6.42. The lowest BCUT2D eigenvalue weighted by molar-refractivity contribution is -0.127. The van der Waals surface area contributed by atoms with Gasteiger partial charge in [0, 0.05) is 18.4 Å². The maximum atomic E-state index is 12.4. The van der Waals surface area contributed by atoms with Crippen LogP contribution in [0.2, 0.25) is 0 Å². The molecule has 1 aromatic heterocycles. The zero-order valence-corrected chi connectivity index (χ0v) is 12.8. The lowest BCUT2D eigenvalue weighted by atomic mass is 10.2. The number of aromatic amines is 1. The van der Waals surface area contributed by atoms with E-state index in [0.717, 1.165) is 6.42 Å². The van der Waals surface area contributed by atoms with Gasteiger partial charge in [-0.3, -0.25) is 4.90 Å². The number of nitrogens with one attached hydrogen (secondary N) is 1. The third-order valence-electron chi connectivity index (χ3n) is 3.24. The molecule has 1 N–H and O–H groups in total. The molecular formula is C14H20F3N3O2. The number of nitrogens with zero attached hydrogens (tertiary/aromatic N) is 2. The molecule has 0 bridgehead atoms. The summed E-state index contributed by atoms with van der Waals surface area (Å²) >= 11 is 0. The molecule has 124 valence electrons. The number of carbonyl (C=O) groups excluding carboxylic acids is 1. The number of halogens is 3. The Labute approximate surface area is 126 Å². The first kappa shape index (κ1) is 16.6. The Morgan fingerprint density at radius 2 is 2.14 bits per heavy atom. The van der Waals surface area contributed by atoms with Gasteiger partial charge in [-0.05, 0) is 33.6 Å². The fourth-order valence-corrected chi connectivity index (χ4v) is 2.44. The van der Waals surface area contributed by atoms with Gasteiger partial charge >= 0.3 is 12.3 Å². The van der Waals surface area contributed by atoms with Gasteiger partial charge in [0.1, 0.15) is 11.4 Å². The van der Waals surface area contributed by atoms with Crippen molar-refractivity contribution in [3.05, 3.63) is 17.7 Å². The van der Waals surface area contributed by atoms with E-state index in [1.807, 2.05) is 0 Å². The molecule has 5 nitrogen and oxygen atoms in total. The average molecular weight is 319 g/mol. The number of imidazole rings is 1. The maximum absolute atomic E-state index is 12.4. The quantitative estimate of drug-likeness (QED) is 0.906. The van der Waals surface area contributed by atoms with Crippen LogP contribution in [0.5, 0.6) is 0 Å². The largest absolute Gasteiger partial charge is 0.444 e. The molecule has 0 unspecified atom stereocenters. The van der Waals surface area contributed by atoms with Crippen LogP contribution < -0.4 is 0 Å². The first-order valence-electron chi connectivity index (χ1n) is 7.15. The molecule has 22 heavy (non-hydrogen) atoms. The number of alkyl halides is 3. The van der Waals surface area contributed by atoms with Gasteiger partial charge in [-0.15, -0.1) is 0 Å². The molecule has 1 fully saturated rings. The number of likely N-dealkylation sites (tertiary alicyclic amines) is 1. The van der Waals surface area contributed by atoms with Crippen molar-refractivity contribution in [3.8, 4) is 0 Å². The summed E-state index contributed by atoms with van der Waals surface area (Å²) in [4.78, 5) is 20.4. The van der Waals surface area contributed by atoms with Crippen LogP contribution >= 0.6 is 0 Å². The van der Waals surface area contributed by atoms with E-state index in [1.54, 1.807) is 20.8 Å². The Hall–Kier alpha value is -1.73. The fourth-order valence-electron chi connectivity index (χ4n) is 2.44. The van der Waals surface area contributed by atoms with Gasteiger partial charge in [-0.2, -0.15) is 13.2 Å². The highest BCUT2D eigenvalue weighted by Crippen LogP contribution is 2.32. The highest BCUT2D eigenvalue weighted by Gasteiger charge is 2.35. The van der Waals surface area contributed by atoms with E-state index in [2.05, 4.69) is 9.97 Å². The van der Waals surface area contributed by atoms with Crippen LogP contribution in [-0.2, 0) is 11.2 Å².